The summed E-state index contributed by atoms with van der Waals surface area (Å²) in [5.41, 5.74) is -0.000625. The molecular formula is C8H9NO5S. The molecule has 0 heterocycles. The number of carbonyl (C=O) groups excluding carboxylic acids is 1. The molecule has 7 heteroatoms. The fourth-order valence-electron chi connectivity index (χ4n) is 0.987. The maximum Gasteiger partial charge on any atom is 0.337 e. The lowest BCUT2D eigenvalue weighted by molar-refractivity contribution is 0.0600. The molecule has 0 fully saturated rings. The predicted octanol–water partition coefficient (Wildman–Crippen LogP) is -0.174. The SMILES string of the molecule is COC(=O)c1ccc(O)c(S(N)(=O)=O)c1. The third-order valence-corrected chi connectivity index (χ3v) is 2.63. The quantitative estimate of drug-likeness (QED) is 0.687. The van der Waals surface area contributed by atoms with Crippen molar-refractivity contribution in [1.29, 1.82) is 0 Å². The number of rotatable bonds is 2. The molecule has 0 saturated carbocycles. The maximum atomic E-state index is 11.1. The molecule has 6 nitrogen and oxygen atoms in total. The summed E-state index contributed by atoms with van der Waals surface area (Å²) in [4.78, 5) is 10.6. The second-order valence-corrected chi connectivity index (χ2v) is 4.25. The van der Waals surface area contributed by atoms with Crippen molar-refractivity contribution in [2.45, 2.75) is 4.90 Å². The lowest BCUT2D eigenvalue weighted by Crippen LogP contribution is -2.13. The van der Waals surface area contributed by atoms with Crippen LogP contribution in [0.25, 0.3) is 0 Å². The summed E-state index contributed by atoms with van der Waals surface area (Å²) in [5.74, 6) is -1.22. The zero-order valence-electron chi connectivity index (χ0n) is 7.80. The van der Waals surface area contributed by atoms with Gasteiger partial charge in [-0.2, -0.15) is 0 Å². The molecule has 0 aromatic heterocycles. The van der Waals surface area contributed by atoms with Crippen LogP contribution in [0.1, 0.15) is 10.4 Å². The molecule has 82 valence electrons. The molecule has 1 aromatic carbocycles. The van der Waals surface area contributed by atoms with Crippen LogP contribution in [0.15, 0.2) is 23.1 Å². The van der Waals surface area contributed by atoms with E-state index in [-0.39, 0.29) is 5.56 Å². The van der Waals surface area contributed by atoms with E-state index in [2.05, 4.69) is 4.74 Å². The van der Waals surface area contributed by atoms with Crippen molar-refractivity contribution in [2.75, 3.05) is 7.11 Å². The number of benzene rings is 1. The summed E-state index contributed by atoms with van der Waals surface area (Å²) in [6.07, 6.45) is 0. The van der Waals surface area contributed by atoms with Gasteiger partial charge in [-0.05, 0) is 18.2 Å². The number of ether oxygens (including phenoxy) is 1. The Bertz CT molecular complexity index is 494. The van der Waals surface area contributed by atoms with E-state index < -0.39 is 26.6 Å². The van der Waals surface area contributed by atoms with Gasteiger partial charge in [-0.15, -0.1) is 0 Å². The molecule has 1 aromatic rings. The molecule has 0 bridgehead atoms. The van der Waals surface area contributed by atoms with Crippen LogP contribution in [0, 0.1) is 0 Å². The monoisotopic (exact) mass is 231 g/mol. The van der Waals surface area contributed by atoms with Crippen LogP contribution >= 0.6 is 0 Å². The Labute approximate surface area is 86.3 Å². The van der Waals surface area contributed by atoms with E-state index in [0.717, 1.165) is 19.2 Å². The summed E-state index contributed by atoms with van der Waals surface area (Å²) in [6.45, 7) is 0. The number of hydrogen-bond donors (Lipinski definition) is 2. The standard InChI is InChI=1S/C8H9NO5S/c1-14-8(11)5-2-3-6(10)7(4-5)15(9,12)13/h2-4,10H,1H3,(H2,9,12,13). The van der Waals surface area contributed by atoms with Gasteiger partial charge in [-0.1, -0.05) is 0 Å². The van der Waals surface area contributed by atoms with E-state index in [9.17, 15) is 18.3 Å². The van der Waals surface area contributed by atoms with Crippen molar-refractivity contribution in [2.24, 2.45) is 5.14 Å². The first-order chi connectivity index (χ1) is 6.86. The Morgan fingerprint density at radius 1 is 1.47 bits per heavy atom. The number of phenolic OH excluding ortho intramolecular Hbond substituents is 1. The van der Waals surface area contributed by atoms with Gasteiger partial charge >= 0.3 is 5.97 Å². The zero-order valence-corrected chi connectivity index (χ0v) is 8.61. The first-order valence-corrected chi connectivity index (χ1v) is 5.35. The summed E-state index contributed by atoms with van der Waals surface area (Å²) in [6, 6.07) is 3.25. The number of carbonyl (C=O) groups is 1. The lowest BCUT2D eigenvalue weighted by atomic mass is 10.2. The normalized spacial score (nSPS) is 11.1. The fraction of sp³-hybridized carbons (Fsp3) is 0.125. The smallest absolute Gasteiger partial charge is 0.337 e. The summed E-state index contributed by atoms with van der Waals surface area (Å²) >= 11 is 0. The van der Waals surface area contributed by atoms with Crippen molar-refractivity contribution in [3.05, 3.63) is 23.8 Å². The van der Waals surface area contributed by atoms with Gasteiger partial charge in [0.25, 0.3) is 0 Å². The molecule has 0 aliphatic heterocycles. The van der Waals surface area contributed by atoms with E-state index in [1.54, 1.807) is 0 Å². The Morgan fingerprint density at radius 2 is 2.07 bits per heavy atom. The van der Waals surface area contributed by atoms with Crippen molar-refractivity contribution in [3.8, 4) is 5.75 Å². The Morgan fingerprint density at radius 3 is 2.53 bits per heavy atom. The number of sulfonamides is 1. The van der Waals surface area contributed by atoms with Crippen molar-refractivity contribution in [3.63, 3.8) is 0 Å². The predicted molar refractivity (Wildman–Crippen MR) is 50.8 cm³/mol. The van der Waals surface area contributed by atoms with Crippen LogP contribution in [0.4, 0.5) is 0 Å². The maximum absolute atomic E-state index is 11.1. The molecule has 0 saturated heterocycles. The van der Waals surface area contributed by atoms with E-state index in [0.29, 0.717) is 0 Å². The zero-order chi connectivity index (χ0) is 11.6. The van der Waals surface area contributed by atoms with Gasteiger partial charge in [0.05, 0.1) is 12.7 Å². The molecule has 0 unspecified atom stereocenters. The van der Waals surface area contributed by atoms with Crippen LogP contribution in [0.3, 0.4) is 0 Å². The molecule has 15 heavy (non-hydrogen) atoms. The Hall–Kier alpha value is -1.60. The average molecular weight is 231 g/mol. The molecule has 1 rings (SSSR count). The highest BCUT2D eigenvalue weighted by Gasteiger charge is 2.16. The molecule has 0 aliphatic carbocycles. The van der Waals surface area contributed by atoms with E-state index in [1.165, 1.54) is 6.07 Å². The van der Waals surface area contributed by atoms with Gasteiger partial charge in [0, 0.05) is 0 Å². The highest BCUT2D eigenvalue weighted by Crippen LogP contribution is 2.22. The number of nitrogens with two attached hydrogens (primary N) is 1. The highest BCUT2D eigenvalue weighted by molar-refractivity contribution is 7.89. The summed E-state index contributed by atoms with van der Waals surface area (Å²) in [7, 11) is -2.90. The molecule has 0 amide bonds. The minimum Gasteiger partial charge on any atom is -0.507 e. The van der Waals surface area contributed by atoms with E-state index in [1.807, 2.05) is 0 Å². The van der Waals surface area contributed by atoms with Gasteiger partial charge in [-0.25, -0.2) is 18.4 Å². The molecule has 0 spiro atoms. The van der Waals surface area contributed by atoms with Crippen LogP contribution in [-0.2, 0) is 14.8 Å². The van der Waals surface area contributed by atoms with Crippen LogP contribution in [-0.4, -0.2) is 26.6 Å². The average Bonchev–Trinajstić information content (AvgIpc) is 2.15. The van der Waals surface area contributed by atoms with Crippen molar-refractivity contribution < 1.29 is 23.1 Å². The van der Waals surface area contributed by atoms with Gasteiger partial charge in [0.1, 0.15) is 10.6 Å². The summed E-state index contributed by atoms with van der Waals surface area (Å²) < 4.78 is 26.4. The van der Waals surface area contributed by atoms with E-state index in [4.69, 9.17) is 5.14 Å². The third kappa shape index (κ3) is 2.45. The number of primary sulfonamides is 1. The highest BCUT2D eigenvalue weighted by atomic mass is 32.2. The number of methoxy groups -OCH3 is 1. The Balaban J connectivity index is 3.36. The molecule has 3 N–H and O–H groups in total. The molecule has 0 aliphatic rings. The van der Waals surface area contributed by atoms with Crippen LogP contribution in [0.5, 0.6) is 5.75 Å². The topological polar surface area (TPSA) is 107 Å². The van der Waals surface area contributed by atoms with Crippen LogP contribution in [0.2, 0.25) is 0 Å². The third-order valence-electron chi connectivity index (χ3n) is 1.69. The first-order valence-electron chi connectivity index (χ1n) is 3.80. The fourth-order valence-corrected chi connectivity index (χ4v) is 1.64. The summed E-state index contributed by atoms with van der Waals surface area (Å²) in [5, 5.41) is 14.0. The molecular weight excluding hydrogens is 222 g/mol. The number of hydrogen-bond acceptors (Lipinski definition) is 5. The number of aromatic hydroxyl groups is 1. The van der Waals surface area contributed by atoms with Gasteiger partial charge < -0.3 is 9.84 Å². The Kier molecular flexibility index (Phi) is 2.96. The minimum absolute atomic E-state index is 0.000625. The number of esters is 1. The van der Waals surface area contributed by atoms with Crippen molar-refractivity contribution in [1.82, 2.24) is 0 Å². The van der Waals surface area contributed by atoms with Gasteiger partial charge in [0.15, 0.2) is 0 Å². The van der Waals surface area contributed by atoms with Crippen molar-refractivity contribution >= 4 is 16.0 Å². The van der Waals surface area contributed by atoms with Crippen LogP contribution < -0.4 is 5.14 Å². The lowest BCUT2D eigenvalue weighted by Gasteiger charge is -2.04. The molecule has 0 radical (unpaired) electrons. The molecule has 0 atom stereocenters. The first kappa shape index (κ1) is 11.5. The number of phenols is 1. The van der Waals surface area contributed by atoms with E-state index >= 15 is 0 Å². The largest absolute Gasteiger partial charge is 0.507 e. The van der Waals surface area contributed by atoms with Gasteiger partial charge in [-0.3, -0.25) is 0 Å². The minimum atomic E-state index is -4.06. The second kappa shape index (κ2) is 3.87. The second-order valence-electron chi connectivity index (χ2n) is 2.72. The van der Waals surface area contributed by atoms with Gasteiger partial charge in [0.2, 0.25) is 10.0 Å².